The number of amides is 2. The normalized spacial score (nSPS) is 16.6. The molecule has 136 valence electrons. The maximum Gasteiger partial charge on any atom is 0.315 e. The lowest BCUT2D eigenvalue weighted by atomic mass is 10.1. The molecule has 0 aliphatic carbocycles. The Morgan fingerprint density at radius 3 is 2.64 bits per heavy atom. The van der Waals surface area contributed by atoms with Crippen molar-refractivity contribution in [3.05, 3.63) is 47.7 Å². The fraction of sp³-hybridized carbons (Fsp3) is 0.526. The highest BCUT2D eigenvalue weighted by molar-refractivity contribution is 5.73. The Labute approximate surface area is 149 Å². The summed E-state index contributed by atoms with van der Waals surface area (Å²) >= 11 is 0. The standard InChI is InChI=1S/C19H28N4O2/c1-15-8-9-16(22(15)2)13-20-19(24)21-14-17(18-7-6-12-25-18)23-10-4-3-5-11-23/h6-9,12,17H,3-5,10-11,13-14H2,1-2H3,(H2,20,21,24)/t17-/m0/s1. The van der Waals surface area contributed by atoms with Crippen LogP contribution in [0.4, 0.5) is 4.79 Å². The molecule has 3 rings (SSSR count). The smallest absolute Gasteiger partial charge is 0.315 e. The molecule has 2 aromatic heterocycles. The van der Waals surface area contributed by atoms with Gasteiger partial charge in [0.25, 0.3) is 0 Å². The van der Waals surface area contributed by atoms with Crippen LogP contribution in [0, 0.1) is 6.92 Å². The van der Waals surface area contributed by atoms with Crippen LogP contribution in [0.2, 0.25) is 0 Å². The van der Waals surface area contributed by atoms with Gasteiger partial charge in [-0.1, -0.05) is 6.42 Å². The summed E-state index contributed by atoms with van der Waals surface area (Å²) in [6.45, 7) is 5.22. The summed E-state index contributed by atoms with van der Waals surface area (Å²) in [7, 11) is 2.01. The Morgan fingerprint density at radius 1 is 1.20 bits per heavy atom. The summed E-state index contributed by atoms with van der Waals surface area (Å²) in [6.07, 6.45) is 5.39. The molecule has 3 heterocycles. The molecule has 2 amide bonds. The lowest BCUT2D eigenvalue weighted by molar-refractivity contribution is 0.143. The van der Waals surface area contributed by atoms with Crippen LogP contribution < -0.4 is 10.6 Å². The summed E-state index contributed by atoms with van der Waals surface area (Å²) in [5.74, 6) is 0.917. The SMILES string of the molecule is Cc1ccc(CNC(=O)NC[C@@H](c2ccco2)N2CCCCC2)n1C. The number of nitrogens with one attached hydrogen (secondary N) is 2. The molecule has 0 aromatic carbocycles. The lowest BCUT2D eigenvalue weighted by Gasteiger charge is -2.33. The first-order chi connectivity index (χ1) is 12.1. The molecule has 6 heteroatoms. The number of rotatable bonds is 6. The van der Waals surface area contributed by atoms with Gasteiger partial charge in [0.2, 0.25) is 0 Å². The molecule has 0 radical (unpaired) electrons. The van der Waals surface area contributed by atoms with Gasteiger partial charge in [0.05, 0.1) is 18.8 Å². The number of aromatic nitrogens is 1. The Morgan fingerprint density at radius 2 is 2.00 bits per heavy atom. The van der Waals surface area contributed by atoms with E-state index in [1.807, 2.05) is 25.2 Å². The number of nitrogens with zero attached hydrogens (tertiary/aromatic N) is 2. The van der Waals surface area contributed by atoms with Crippen molar-refractivity contribution in [1.82, 2.24) is 20.1 Å². The first-order valence-corrected chi connectivity index (χ1v) is 9.05. The zero-order valence-corrected chi connectivity index (χ0v) is 15.1. The molecule has 2 aromatic rings. The number of furan rings is 1. The fourth-order valence-corrected chi connectivity index (χ4v) is 3.39. The predicted molar refractivity (Wildman–Crippen MR) is 97.3 cm³/mol. The van der Waals surface area contributed by atoms with Crippen molar-refractivity contribution in [3.8, 4) is 0 Å². The minimum atomic E-state index is -0.146. The van der Waals surface area contributed by atoms with E-state index in [-0.39, 0.29) is 12.1 Å². The van der Waals surface area contributed by atoms with Gasteiger partial charge < -0.3 is 19.6 Å². The van der Waals surface area contributed by atoms with Crippen LogP contribution in [0.5, 0.6) is 0 Å². The van der Waals surface area contributed by atoms with Gasteiger partial charge in [0.15, 0.2) is 0 Å². The maximum absolute atomic E-state index is 12.2. The second kappa shape index (κ2) is 8.25. The van der Waals surface area contributed by atoms with E-state index in [0.29, 0.717) is 13.1 Å². The molecular formula is C19H28N4O2. The minimum absolute atomic E-state index is 0.0957. The molecule has 1 fully saturated rings. The van der Waals surface area contributed by atoms with Gasteiger partial charge in [-0.25, -0.2) is 4.79 Å². The molecule has 0 saturated carbocycles. The molecule has 0 spiro atoms. The molecule has 25 heavy (non-hydrogen) atoms. The summed E-state index contributed by atoms with van der Waals surface area (Å²) in [5, 5.41) is 5.94. The van der Waals surface area contributed by atoms with Crippen molar-refractivity contribution in [1.29, 1.82) is 0 Å². The number of carbonyl (C=O) groups is 1. The van der Waals surface area contributed by atoms with Crippen LogP contribution in [0.3, 0.4) is 0 Å². The van der Waals surface area contributed by atoms with Crippen molar-refractivity contribution >= 4 is 6.03 Å². The highest BCUT2D eigenvalue weighted by Gasteiger charge is 2.24. The first kappa shape index (κ1) is 17.6. The highest BCUT2D eigenvalue weighted by atomic mass is 16.3. The monoisotopic (exact) mass is 344 g/mol. The molecule has 1 atom stereocenters. The predicted octanol–water partition coefficient (Wildman–Crippen LogP) is 2.95. The van der Waals surface area contributed by atoms with Gasteiger partial charge in [0.1, 0.15) is 5.76 Å². The topological polar surface area (TPSA) is 62.4 Å². The zero-order chi connectivity index (χ0) is 17.6. The van der Waals surface area contributed by atoms with E-state index in [1.54, 1.807) is 6.26 Å². The molecule has 1 aliphatic heterocycles. The van der Waals surface area contributed by atoms with Crippen LogP contribution in [0.15, 0.2) is 34.9 Å². The van der Waals surface area contributed by atoms with Gasteiger partial charge in [0, 0.05) is 25.0 Å². The van der Waals surface area contributed by atoms with E-state index in [9.17, 15) is 4.79 Å². The second-order valence-corrected chi connectivity index (χ2v) is 6.72. The summed E-state index contributed by atoms with van der Waals surface area (Å²) < 4.78 is 7.70. The van der Waals surface area contributed by atoms with E-state index >= 15 is 0 Å². The second-order valence-electron chi connectivity index (χ2n) is 6.72. The van der Waals surface area contributed by atoms with Crippen molar-refractivity contribution in [2.24, 2.45) is 7.05 Å². The van der Waals surface area contributed by atoms with E-state index in [0.717, 1.165) is 24.5 Å². The number of aryl methyl sites for hydroxylation is 1. The van der Waals surface area contributed by atoms with Crippen molar-refractivity contribution < 1.29 is 9.21 Å². The largest absolute Gasteiger partial charge is 0.468 e. The van der Waals surface area contributed by atoms with Crippen LogP contribution >= 0.6 is 0 Å². The number of piperidine rings is 1. The van der Waals surface area contributed by atoms with Crippen molar-refractivity contribution in [3.63, 3.8) is 0 Å². The van der Waals surface area contributed by atoms with Crippen LogP contribution in [0.25, 0.3) is 0 Å². The van der Waals surface area contributed by atoms with Gasteiger partial charge in [-0.05, 0) is 57.1 Å². The van der Waals surface area contributed by atoms with Gasteiger partial charge in [-0.3, -0.25) is 4.90 Å². The number of urea groups is 1. The van der Waals surface area contributed by atoms with Crippen molar-refractivity contribution in [2.75, 3.05) is 19.6 Å². The Bertz CT molecular complexity index is 672. The third kappa shape index (κ3) is 4.45. The van der Waals surface area contributed by atoms with Crippen LogP contribution in [0.1, 0.15) is 42.5 Å². The van der Waals surface area contributed by atoms with E-state index < -0.39 is 0 Å². The average molecular weight is 344 g/mol. The molecule has 1 aliphatic rings. The van der Waals surface area contributed by atoms with Gasteiger partial charge in [-0.15, -0.1) is 0 Å². The number of carbonyl (C=O) groups excluding carboxylic acids is 1. The Kier molecular flexibility index (Phi) is 5.81. The van der Waals surface area contributed by atoms with Crippen LogP contribution in [-0.2, 0) is 13.6 Å². The third-order valence-electron chi connectivity index (χ3n) is 5.07. The van der Waals surface area contributed by atoms with Crippen molar-refractivity contribution in [2.45, 2.75) is 38.8 Å². The summed E-state index contributed by atoms with van der Waals surface area (Å²) in [4.78, 5) is 14.6. The minimum Gasteiger partial charge on any atom is -0.468 e. The fourth-order valence-electron chi connectivity index (χ4n) is 3.39. The summed E-state index contributed by atoms with van der Waals surface area (Å²) in [6, 6.07) is 7.94. The Balaban J connectivity index is 1.53. The molecular weight excluding hydrogens is 316 g/mol. The average Bonchev–Trinajstić information content (AvgIpc) is 3.26. The quantitative estimate of drug-likeness (QED) is 0.847. The molecule has 1 saturated heterocycles. The number of hydrogen-bond donors (Lipinski definition) is 2. The van der Waals surface area contributed by atoms with E-state index in [2.05, 4.69) is 33.1 Å². The highest BCUT2D eigenvalue weighted by Crippen LogP contribution is 2.24. The first-order valence-electron chi connectivity index (χ1n) is 9.05. The molecule has 2 N–H and O–H groups in total. The third-order valence-corrected chi connectivity index (χ3v) is 5.07. The molecule has 0 bridgehead atoms. The molecule has 0 unspecified atom stereocenters. The number of hydrogen-bond acceptors (Lipinski definition) is 3. The van der Waals surface area contributed by atoms with Crippen LogP contribution in [-0.4, -0.2) is 35.1 Å². The molecule has 6 nitrogen and oxygen atoms in total. The maximum atomic E-state index is 12.2. The Hall–Kier alpha value is -2.21. The zero-order valence-electron chi connectivity index (χ0n) is 15.1. The van der Waals surface area contributed by atoms with Gasteiger partial charge >= 0.3 is 6.03 Å². The number of likely N-dealkylation sites (tertiary alicyclic amines) is 1. The van der Waals surface area contributed by atoms with E-state index in [1.165, 1.54) is 25.0 Å². The van der Waals surface area contributed by atoms with Gasteiger partial charge in [-0.2, -0.15) is 0 Å². The lowest BCUT2D eigenvalue weighted by Crippen LogP contribution is -2.43. The summed E-state index contributed by atoms with van der Waals surface area (Å²) in [5.41, 5.74) is 2.27. The van der Waals surface area contributed by atoms with E-state index in [4.69, 9.17) is 4.42 Å².